The molecule has 1 N–H and O–H groups in total. The van der Waals surface area contributed by atoms with Crippen molar-refractivity contribution in [2.45, 2.75) is 39.4 Å². The van der Waals surface area contributed by atoms with E-state index in [0.717, 1.165) is 5.82 Å². The van der Waals surface area contributed by atoms with Gasteiger partial charge in [0.25, 0.3) is 0 Å². The molecular formula is C16H22FN3O. The number of hydrogen-bond donors (Lipinski definition) is 1. The van der Waals surface area contributed by atoms with Crippen LogP contribution in [0.15, 0.2) is 30.6 Å². The van der Waals surface area contributed by atoms with E-state index >= 15 is 0 Å². The Bertz CT molecular complexity index is 602. The Morgan fingerprint density at radius 1 is 1.33 bits per heavy atom. The van der Waals surface area contributed by atoms with Crippen molar-refractivity contribution in [2.75, 3.05) is 7.11 Å². The molecule has 0 aliphatic rings. The minimum atomic E-state index is -0.316. The molecule has 1 heterocycles. The lowest BCUT2D eigenvalue weighted by atomic mass is 10.1. The smallest absolute Gasteiger partial charge is 0.170 e. The third-order valence-corrected chi connectivity index (χ3v) is 3.18. The molecule has 4 nitrogen and oxygen atoms in total. The second-order valence-corrected chi connectivity index (χ2v) is 6.01. The van der Waals surface area contributed by atoms with Crippen LogP contribution >= 0.6 is 0 Å². The summed E-state index contributed by atoms with van der Waals surface area (Å²) in [5.41, 5.74) is 0.599. The number of nitrogens with zero attached hydrogens (tertiary/aromatic N) is 2. The first-order chi connectivity index (χ1) is 9.90. The van der Waals surface area contributed by atoms with Crippen molar-refractivity contribution in [3.05, 3.63) is 47.8 Å². The fraction of sp³-hybridized carbons (Fsp3) is 0.438. The highest BCUT2D eigenvalue weighted by Gasteiger charge is 2.13. The Labute approximate surface area is 125 Å². The van der Waals surface area contributed by atoms with E-state index in [9.17, 15) is 4.39 Å². The molecule has 0 fully saturated rings. The van der Waals surface area contributed by atoms with Crippen molar-refractivity contribution >= 4 is 0 Å². The maximum Gasteiger partial charge on any atom is 0.170 e. The Morgan fingerprint density at radius 2 is 2.10 bits per heavy atom. The quantitative estimate of drug-likeness (QED) is 0.920. The van der Waals surface area contributed by atoms with Crippen LogP contribution in [0.5, 0.6) is 5.75 Å². The second-order valence-electron chi connectivity index (χ2n) is 6.01. The zero-order valence-electron chi connectivity index (χ0n) is 13.0. The number of benzene rings is 1. The minimum absolute atomic E-state index is 0.0119. The van der Waals surface area contributed by atoms with E-state index < -0.39 is 0 Å². The summed E-state index contributed by atoms with van der Waals surface area (Å²) in [6.07, 6.45) is 3.59. The predicted molar refractivity (Wildman–Crippen MR) is 80.9 cm³/mol. The molecule has 0 radical (unpaired) electrons. The van der Waals surface area contributed by atoms with E-state index in [2.05, 4.69) is 31.1 Å². The van der Waals surface area contributed by atoms with E-state index in [-0.39, 0.29) is 17.1 Å². The van der Waals surface area contributed by atoms with E-state index in [1.165, 1.54) is 7.11 Å². The first kappa shape index (κ1) is 15.5. The van der Waals surface area contributed by atoms with E-state index in [0.29, 0.717) is 18.7 Å². The zero-order valence-corrected chi connectivity index (χ0v) is 13.0. The molecule has 0 spiro atoms. The van der Waals surface area contributed by atoms with E-state index in [4.69, 9.17) is 4.74 Å². The molecule has 0 atom stereocenters. The molecule has 0 saturated heterocycles. The lowest BCUT2D eigenvalue weighted by Gasteiger charge is -2.20. The maximum absolute atomic E-state index is 14.2. The third-order valence-electron chi connectivity index (χ3n) is 3.18. The summed E-state index contributed by atoms with van der Waals surface area (Å²) < 4.78 is 21.2. The van der Waals surface area contributed by atoms with Gasteiger partial charge < -0.3 is 14.6 Å². The van der Waals surface area contributed by atoms with Gasteiger partial charge in [-0.25, -0.2) is 9.37 Å². The highest BCUT2D eigenvalue weighted by Crippen LogP contribution is 2.21. The summed E-state index contributed by atoms with van der Waals surface area (Å²) in [6, 6.07) is 5.18. The second kappa shape index (κ2) is 6.26. The number of imidazole rings is 1. The highest BCUT2D eigenvalue weighted by molar-refractivity contribution is 5.31. The lowest BCUT2D eigenvalue weighted by molar-refractivity contribution is 0.383. The van der Waals surface area contributed by atoms with Gasteiger partial charge in [-0.1, -0.05) is 12.1 Å². The average molecular weight is 291 g/mol. The van der Waals surface area contributed by atoms with Crippen molar-refractivity contribution in [1.29, 1.82) is 0 Å². The van der Waals surface area contributed by atoms with Gasteiger partial charge in [-0.15, -0.1) is 0 Å². The summed E-state index contributed by atoms with van der Waals surface area (Å²) in [7, 11) is 1.47. The number of hydrogen-bond acceptors (Lipinski definition) is 3. The molecule has 0 aliphatic heterocycles. The zero-order chi connectivity index (χ0) is 15.5. The van der Waals surface area contributed by atoms with Gasteiger partial charge in [0.2, 0.25) is 0 Å². The molecule has 0 saturated carbocycles. The Balaban J connectivity index is 2.16. The van der Waals surface area contributed by atoms with Gasteiger partial charge in [0.05, 0.1) is 20.2 Å². The van der Waals surface area contributed by atoms with Crippen LogP contribution in [-0.4, -0.2) is 22.2 Å². The van der Waals surface area contributed by atoms with Crippen molar-refractivity contribution < 1.29 is 9.13 Å². The van der Waals surface area contributed by atoms with Crippen LogP contribution in [0, 0.1) is 5.82 Å². The van der Waals surface area contributed by atoms with Crippen molar-refractivity contribution in [2.24, 2.45) is 0 Å². The van der Waals surface area contributed by atoms with Crippen LogP contribution in [0.1, 0.15) is 32.2 Å². The van der Waals surface area contributed by atoms with Crippen molar-refractivity contribution in [3.63, 3.8) is 0 Å². The third kappa shape index (κ3) is 4.04. The SMILES string of the molecule is COc1cccc(Cn2ccnc2CNC(C)(C)C)c1F. The monoisotopic (exact) mass is 291 g/mol. The fourth-order valence-corrected chi connectivity index (χ4v) is 2.01. The normalized spacial score (nSPS) is 11.7. The predicted octanol–water partition coefficient (Wildman–Crippen LogP) is 2.97. The van der Waals surface area contributed by atoms with Crippen LogP contribution in [-0.2, 0) is 13.1 Å². The first-order valence-electron chi connectivity index (χ1n) is 6.97. The first-order valence-corrected chi connectivity index (χ1v) is 6.97. The van der Waals surface area contributed by atoms with Gasteiger partial charge in [-0.2, -0.15) is 0 Å². The highest BCUT2D eigenvalue weighted by atomic mass is 19.1. The van der Waals surface area contributed by atoms with Crippen molar-refractivity contribution in [3.8, 4) is 5.75 Å². The van der Waals surface area contributed by atoms with Gasteiger partial charge in [-0.3, -0.25) is 0 Å². The Hall–Kier alpha value is -1.88. The molecule has 0 bridgehead atoms. The number of nitrogens with one attached hydrogen (secondary N) is 1. The standard InChI is InChI=1S/C16H22FN3O/c1-16(2,3)19-10-14-18-8-9-20(14)11-12-6-5-7-13(21-4)15(12)17/h5-9,19H,10-11H2,1-4H3. The molecule has 2 rings (SSSR count). The fourth-order valence-electron chi connectivity index (χ4n) is 2.01. The maximum atomic E-state index is 14.2. The number of aromatic nitrogens is 2. The van der Waals surface area contributed by atoms with Gasteiger partial charge in [0.15, 0.2) is 11.6 Å². The van der Waals surface area contributed by atoms with Crippen LogP contribution in [0.25, 0.3) is 0 Å². The van der Waals surface area contributed by atoms with Gasteiger partial charge in [-0.05, 0) is 26.8 Å². The van der Waals surface area contributed by atoms with Gasteiger partial charge in [0.1, 0.15) is 5.82 Å². The summed E-state index contributed by atoms with van der Waals surface area (Å²) in [6.45, 7) is 7.37. The van der Waals surface area contributed by atoms with E-state index in [1.54, 1.807) is 24.4 Å². The summed E-state index contributed by atoms with van der Waals surface area (Å²) in [4.78, 5) is 4.33. The average Bonchev–Trinajstić information content (AvgIpc) is 2.85. The number of halogens is 1. The van der Waals surface area contributed by atoms with Gasteiger partial charge in [0, 0.05) is 23.5 Å². The number of ether oxygens (including phenoxy) is 1. The molecule has 0 aliphatic carbocycles. The summed E-state index contributed by atoms with van der Waals surface area (Å²) in [5, 5.41) is 3.39. The minimum Gasteiger partial charge on any atom is -0.494 e. The Morgan fingerprint density at radius 3 is 2.76 bits per heavy atom. The van der Waals surface area contributed by atoms with Crippen LogP contribution in [0.2, 0.25) is 0 Å². The molecule has 0 unspecified atom stereocenters. The summed E-state index contributed by atoms with van der Waals surface area (Å²) in [5.74, 6) is 0.831. The van der Waals surface area contributed by atoms with Gasteiger partial charge >= 0.3 is 0 Å². The molecular weight excluding hydrogens is 269 g/mol. The largest absolute Gasteiger partial charge is 0.494 e. The van der Waals surface area contributed by atoms with E-state index in [1.807, 2.05) is 10.8 Å². The number of methoxy groups -OCH3 is 1. The van der Waals surface area contributed by atoms with Crippen LogP contribution in [0.4, 0.5) is 4.39 Å². The van der Waals surface area contributed by atoms with Crippen molar-refractivity contribution in [1.82, 2.24) is 14.9 Å². The number of rotatable bonds is 5. The van der Waals surface area contributed by atoms with Crippen LogP contribution < -0.4 is 10.1 Å². The molecule has 1 aromatic heterocycles. The molecule has 5 heteroatoms. The van der Waals surface area contributed by atoms with Crippen LogP contribution in [0.3, 0.4) is 0 Å². The Kier molecular flexibility index (Phi) is 4.63. The lowest BCUT2D eigenvalue weighted by Crippen LogP contribution is -2.36. The topological polar surface area (TPSA) is 39.1 Å². The molecule has 114 valence electrons. The summed E-state index contributed by atoms with van der Waals surface area (Å²) >= 11 is 0. The molecule has 1 aromatic carbocycles. The molecule has 21 heavy (non-hydrogen) atoms. The molecule has 2 aromatic rings. The molecule has 0 amide bonds.